The Morgan fingerprint density at radius 2 is 1.94 bits per heavy atom. The molecule has 1 unspecified atom stereocenters. The smallest absolute Gasteiger partial charge is 0.220 e. The van der Waals surface area contributed by atoms with Crippen LogP contribution in [0.5, 0.6) is 0 Å². The van der Waals surface area contributed by atoms with Crippen molar-refractivity contribution in [3.05, 3.63) is 0 Å². The molecule has 5 nitrogen and oxygen atoms in total. The van der Waals surface area contributed by atoms with Gasteiger partial charge in [0.05, 0.1) is 5.25 Å². The second kappa shape index (κ2) is 4.20. The van der Waals surface area contributed by atoms with Gasteiger partial charge < -0.3 is 5.32 Å². The number of amides is 1. The molecule has 1 aliphatic carbocycles. The van der Waals surface area contributed by atoms with E-state index in [2.05, 4.69) is 5.32 Å². The molecule has 1 N–H and O–H groups in total. The molecule has 2 saturated heterocycles. The number of rotatable bonds is 2. The van der Waals surface area contributed by atoms with Gasteiger partial charge in [0.1, 0.15) is 0 Å². The van der Waals surface area contributed by atoms with Crippen molar-refractivity contribution in [2.75, 3.05) is 13.1 Å². The first-order valence-electron chi connectivity index (χ1n) is 6.82. The fourth-order valence-electron chi connectivity index (χ4n) is 3.15. The van der Waals surface area contributed by atoms with E-state index in [0.29, 0.717) is 19.5 Å². The lowest BCUT2D eigenvalue weighted by atomic mass is 9.89. The summed E-state index contributed by atoms with van der Waals surface area (Å²) in [5.41, 5.74) is -0.120. The molecule has 0 aromatic rings. The Bertz CT molecular complexity index is 458. The second-order valence-electron chi connectivity index (χ2n) is 5.83. The topological polar surface area (TPSA) is 66.5 Å². The number of nitrogens with zero attached hydrogens (tertiary/aromatic N) is 1. The molecule has 3 aliphatic rings. The summed E-state index contributed by atoms with van der Waals surface area (Å²) in [6, 6.07) is 0. The van der Waals surface area contributed by atoms with Gasteiger partial charge >= 0.3 is 0 Å². The Morgan fingerprint density at radius 1 is 1.17 bits per heavy atom. The van der Waals surface area contributed by atoms with Crippen LogP contribution in [0, 0.1) is 0 Å². The Morgan fingerprint density at radius 3 is 2.56 bits per heavy atom. The zero-order valence-electron chi connectivity index (χ0n) is 10.5. The average Bonchev–Trinajstić information content (AvgIpc) is 3.10. The molecule has 102 valence electrons. The zero-order chi connectivity index (χ0) is 12.8. The van der Waals surface area contributed by atoms with Crippen LogP contribution in [0.3, 0.4) is 0 Å². The fraction of sp³-hybridized carbons (Fsp3) is 0.917. The molecular formula is C12H20N2O3S. The minimum absolute atomic E-state index is 0.119. The van der Waals surface area contributed by atoms with Crippen molar-refractivity contribution in [3.8, 4) is 0 Å². The zero-order valence-corrected chi connectivity index (χ0v) is 11.3. The van der Waals surface area contributed by atoms with Crippen molar-refractivity contribution in [2.24, 2.45) is 0 Å². The highest BCUT2D eigenvalue weighted by atomic mass is 32.2. The van der Waals surface area contributed by atoms with E-state index in [9.17, 15) is 13.2 Å². The van der Waals surface area contributed by atoms with Crippen molar-refractivity contribution in [1.29, 1.82) is 0 Å². The molecule has 3 rings (SSSR count). The normalized spacial score (nSPS) is 34.6. The maximum absolute atomic E-state index is 12.2. The standard InChI is InChI=1S/C12H20N2O3S/c15-11-4-6-12(13-11)5-1-8-14(9-7-12)18(16,17)10-2-3-10/h10H,1-9H2,(H,13,15). The largest absolute Gasteiger partial charge is 0.351 e. The summed E-state index contributed by atoms with van der Waals surface area (Å²) in [4.78, 5) is 11.4. The van der Waals surface area contributed by atoms with Crippen LogP contribution in [0.4, 0.5) is 0 Å². The Balaban J connectivity index is 1.70. The quantitative estimate of drug-likeness (QED) is 0.801. The van der Waals surface area contributed by atoms with E-state index in [1.54, 1.807) is 4.31 Å². The molecule has 0 bridgehead atoms. The summed E-state index contributed by atoms with van der Waals surface area (Å²) >= 11 is 0. The van der Waals surface area contributed by atoms with E-state index in [0.717, 1.165) is 38.5 Å². The van der Waals surface area contributed by atoms with Crippen LogP contribution in [-0.4, -0.2) is 42.5 Å². The van der Waals surface area contributed by atoms with E-state index in [1.165, 1.54) is 0 Å². The van der Waals surface area contributed by atoms with Gasteiger partial charge in [-0.2, -0.15) is 0 Å². The van der Waals surface area contributed by atoms with Gasteiger partial charge in [0.15, 0.2) is 0 Å². The summed E-state index contributed by atoms with van der Waals surface area (Å²) in [5.74, 6) is 0.119. The average molecular weight is 272 g/mol. The molecule has 0 aromatic carbocycles. The lowest BCUT2D eigenvalue weighted by molar-refractivity contribution is -0.119. The highest BCUT2D eigenvalue weighted by Gasteiger charge is 2.44. The molecule has 2 heterocycles. The van der Waals surface area contributed by atoms with Crippen LogP contribution in [0.15, 0.2) is 0 Å². The van der Waals surface area contributed by atoms with Crippen molar-refractivity contribution in [2.45, 2.75) is 55.7 Å². The van der Waals surface area contributed by atoms with Crippen molar-refractivity contribution < 1.29 is 13.2 Å². The van der Waals surface area contributed by atoms with Crippen molar-refractivity contribution in [3.63, 3.8) is 0 Å². The van der Waals surface area contributed by atoms with Gasteiger partial charge in [-0.15, -0.1) is 0 Å². The van der Waals surface area contributed by atoms with Gasteiger partial charge in [-0.3, -0.25) is 4.79 Å². The molecule has 18 heavy (non-hydrogen) atoms. The molecular weight excluding hydrogens is 252 g/mol. The van der Waals surface area contributed by atoms with Crippen LogP contribution in [0.2, 0.25) is 0 Å². The summed E-state index contributed by atoms with van der Waals surface area (Å²) in [5, 5.41) is 2.95. The minimum Gasteiger partial charge on any atom is -0.351 e. The molecule has 3 fully saturated rings. The molecule has 6 heteroatoms. The third-order valence-electron chi connectivity index (χ3n) is 4.44. The van der Waals surface area contributed by atoms with E-state index in [1.807, 2.05) is 0 Å². The Kier molecular flexibility index (Phi) is 2.90. The number of sulfonamides is 1. The molecule has 1 spiro atoms. The van der Waals surface area contributed by atoms with Gasteiger partial charge in [-0.1, -0.05) is 0 Å². The maximum atomic E-state index is 12.2. The first kappa shape index (κ1) is 12.4. The summed E-state index contributed by atoms with van der Waals surface area (Å²) in [6.07, 6.45) is 5.63. The first-order chi connectivity index (χ1) is 8.52. The number of hydrogen-bond donors (Lipinski definition) is 1. The second-order valence-corrected chi connectivity index (χ2v) is 8.04. The minimum atomic E-state index is -3.05. The number of nitrogens with one attached hydrogen (secondary N) is 1. The summed E-state index contributed by atoms with van der Waals surface area (Å²) in [7, 11) is -3.05. The van der Waals surface area contributed by atoms with Crippen LogP contribution in [-0.2, 0) is 14.8 Å². The lowest BCUT2D eigenvalue weighted by Crippen LogP contribution is -2.43. The Labute approximate surface area is 108 Å². The third-order valence-corrected chi connectivity index (χ3v) is 6.84. The predicted octanol–water partition coefficient (Wildman–Crippen LogP) is 0.613. The van der Waals surface area contributed by atoms with E-state index < -0.39 is 10.0 Å². The van der Waals surface area contributed by atoms with Crippen LogP contribution < -0.4 is 5.32 Å². The molecule has 1 atom stereocenters. The highest BCUT2D eigenvalue weighted by Crippen LogP contribution is 2.35. The van der Waals surface area contributed by atoms with E-state index >= 15 is 0 Å². The van der Waals surface area contributed by atoms with Crippen LogP contribution >= 0.6 is 0 Å². The number of carbonyl (C=O) groups is 1. The van der Waals surface area contributed by atoms with Gasteiger partial charge in [0, 0.05) is 25.0 Å². The predicted molar refractivity (Wildman–Crippen MR) is 67.5 cm³/mol. The van der Waals surface area contributed by atoms with Gasteiger partial charge in [0.25, 0.3) is 0 Å². The van der Waals surface area contributed by atoms with Crippen molar-refractivity contribution >= 4 is 15.9 Å². The lowest BCUT2D eigenvalue weighted by Gasteiger charge is -2.27. The van der Waals surface area contributed by atoms with E-state index in [-0.39, 0.29) is 16.7 Å². The summed E-state index contributed by atoms with van der Waals surface area (Å²) < 4.78 is 26.1. The van der Waals surface area contributed by atoms with Crippen LogP contribution in [0.1, 0.15) is 44.9 Å². The molecule has 2 aliphatic heterocycles. The van der Waals surface area contributed by atoms with Crippen molar-refractivity contribution in [1.82, 2.24) is 9.62 Å². The van der Waals surface area contributed by atoms with Gasteiger partial charge in [0.2, 0.25) is 15.9 Å². The fourth-order valence-corrected chi connectivity index (χ4v) is 5.03. The van der Waals surface area contributed by atoms with Gasteiger partial charge in [-0.05, 0) is 38.5 Å². The molecule has 0 aromatic heterocycles. The molecule has 1 amide bonds. The maximum Gasteiger partial charge on any atom is 0.220 e. The monoisotopic (exact) mass is 272 g/mol. The molecule has 0 radical (unpaired) electrons. The Hall–Kier alpha value is -0.620. The number of hydrogen-bond acceptors (Lipinski definition) is 3. The van der Waals surface area contributed by atoms with Crippen LogP contribution in [0.25, 0.3) is 0 Å². The first-order valence-corrected chi connectivity index (χ1v) is 8.32. The van der Waals surface area contributed by atoms with Gasteiger partial charge in [-0.25, -0.2) is 12.7 Å². The highest BCUT2D eigenvalue weighted by molar-refractivity contribution is 7.90. The van der Waals surface area contributed by atoms with E-state index in [4.69, 9.17) is 0 Å². The SMILES string of the molecule is O=C1CCC2(CCCN(S(=O)(=O)C3CC3)CC2)N1. The molecule has 1 saturated carbocycles. The number of carbonyl (C=O) groups excluding carboxylic acids is 1. The third kappa shape index (κ3) is 2.16. The summed E-state index contributed by atoms with van der Waals surface area (Å²) in [6.45, 7) is 1.19.